The molecule has 0 saturated carbocycles. The number of H-pyrrole nitrogens is 1. The average Bonchev–Trinajstić information content (AvgIpc) is 2.91. The van der Waals surface area contributed by atoms with E-state index in [9.17, 15) is 10.4 Å². The summed E-state index contributed by atoms with van der Waals surface area (Å²) in [4.78, 5) is 3.36. The first-order chi connectivity index (χ1) is 11.0. The third-order valence-electron chi connectivity index (χ3n) is 4.35. The number of benzene rings is 2. The fourth-order valence-corrected chi connectivity index (χ4v) is 3.14. The van der Waals surface area contributed by atoms with Crippen molar-refractivity contribution >= 4 is 33.2 Å². The van der Waals surface area contributed by atoms with Crippen LogP contribution >= 0.6 is 0 Å². The lowest BCUT2D eigenvalue weighted by Crippen LogP contribution is -2.99. The highest BCUT2D eigenvalue weighted by molar-refractivity contribution is 6.13. The standard InChI is InChI=1S/C17H19N3O3/c1-4-13(19-21)11-5-6-14-12(8-11)16-10(3)15(20(22)23)7-9(2)17(16)18-14/h5-8,18,20-22H,4H2,1-3H3/b19-13+. The number of hydrogen-bond donors (Lipinski definition) is 4. The number of aromatic nitrogens is 1. The summed E-state index contributed by atoms with van der Waals surface area (Å²) in [5, 5.41) is 34.3. The number of oxime groups is 1. The molecule has 0 saturated heterocycles. The van der Waals surface area contributed by atoms with Gasteiger partial charge in [-0.3, -0.25) is 0 Å². The normalized spacial score (nSPS) is 13.9. The Morgan fingerprint density at radius 1 is 1.30 bits per heavy atom. The van der Waals surface area contributed by atoms with Crippen molar-refractivity contribution in [2.75, 3.05) is 0 Å². The molecule has 0 aliphatic carbocycles. The lowest BCUT2D eigenvalue weighted by molar-refractivity contribution is -0.991. The molecule has 6 heteroatoms. The summed E-state index contributed by atoms with van der Waals surface area (Å²) in [6.45, 7) is 5.65. The summed E-state index contributed by atoms with van der Waals surface area (Å²) >= 11 is 0. The number of nitrogens with one attached hydrogen (secondary N) is 2. The molecular formula is C17H19N3O3. The predicted molar refractivity (Wildman–Crippen MR) is 89.7 cm³/mol. The van der Waals surface area contributed by atoms with Crippen molar-refractivity contribution in [3.05, 3.63) is 46.2 Å². The second-order valence-corrected chi connectivity index (χ2v) is 5.71. The molecule has 0 aliphatic rings. The summed E-state index contributed by atoms with van der Waals surface area (Å²) in [6.07, 6.45) is 0.614. The maximum absolute atomic E-state index is 11.5. The van der Waals surface area contributed by atoms with E-state index in [0.717, 1.165) is 38.5 Å². The van der Waals surface area contributed by atoms with Gasteiger partial charge in [-0.25, -0.2) is 5.21 Å². The van der Waals surface area contributed by atoms with Gasteiger partial charge in [0.25, 0.3) is 0 Å². The third-order valence-corrected chi connectivity index (χ3v) is 4.35. The van der Waals surface area contributed by atoms with Crippen molar-refractivity contribution in [3.63, 3.8) is 0 Å². The molecule has 23 heavy (non-hydrogen) atoms. The molecule has 6 nitrogen and oxygen atoms in total. The van der Waals surface area contributed by atoms with E-state index in [2.05, 4.69) is 10.1 Å². The molecule has 0 fully saturated rings. The predicted octanol–water partition coefficient (Wildman–Crippen LogP) is 2.93. The van der Waals surface area contributed by atoms with E-state index in [1.807, 2.05) is 39.0 Å². The number of nitrogens with zero attached hydrogens (tertiary/aromatic N) is 1. The Kier molecular flexibility index (Phi) is 3.81. The van der Waals surface area contributed by atoms with E-state index in [1.165, 1.54) is 0 Å². The van der Waals surface area contributed by atoms with Gasteiger partial charge in [-0.2, -0.15) is 5.23 Å². The van der Waals surface area contributed by atoms with Crippen molar-refractivity contribution < 1.29 is 15.6 Å². The van der Waals surface area contributed by atoms with E-state index in [-0.39, 0.29) is 0 Å². The molecule has 1 unspecified atom stereocenters. The molecule has 3 rings (SSSR count). The van der Waals surface area contributed by atoms with Crippen molar-refractivity contribution in [2.45, 2.75) is 27.2 Å². The first kappa shape index (κ1) is 15.5. The number of aromatic amines is 1. The summed E-state index contributed by atoms with van der Waals surface area (Å²) < 4.78 is 0. The lowest BCUT2D eigenvalue weighted by atomic mass is 10.00. The second kappa shape index (κ2) is 5.66. The van der Waals surface area contributed by atoms with Gasteiger partial charge in [0.1, 0.15) is 0 Å². The van der Waals surface area contributed by atoms with Crippen LogP contribution in [-0.2, 0) is 0 Å². The third kappa shape index (κ3) is 2.37. The molecule has 4 N–H and O–H groups in total. The second-order valence-electron chi connectivity index (χ2n) is 5.71. The Morgan fingerprint density at radius 3 is 2.65 bits per heavy atom. The molecule has 0 radical (unpaired) electrons. The minimum atomic E-state index is -0.927. The topological polar surface area (TPSA) is 96.1 Å². The molecule has 0 bridgehead atoms. The molecule has 2 aromatic carbocycles. The van der Waals surface area contributed by atoms with E-state index >= 15 is 0 Å². The highest BCUT2D eigenvalue weighted by Crippen LogP contribution is 2.34. The largest absolute Gasteiger partial charge is 0.595 e. The molecule has 1 aromatic heterocycles. The Morgan fingerprint density at radius 2 is 2.04 bits per heavy atom. The van der Waals surface area contributed by atoms with Crippen LogP contribution in [-0.4, -0.2) is 21.1 Å². The first-order valence-electron chi connectivity index (χ1n) is 7.48. The Hall–Kier alpha value is -2.41. The summed E-state index contributed by atoms with van der Waals surface area (Å²) in [5.41, 5.74) is 5.26. The molecule has 0 amide bonds. The van der Waals surface area contributed by atoms with Crippen molar-refractivity contribution in [3.8, 4) is 0 Å². The smallest absolute Gasteiger partial charge is 0.167 e. The molecule has 3 aromatic rings. The summed E-state index contributed by atoms with van der Waals surface area (Å²) in [5.74, 6) is 0. The van der Waals surface area contributed by atoms with Gasteiger partial charge in [0, 0.05) is 33.5 Å². The van der Waals surface area contributed by atoms with E-state index < -0.39 is 5.23 Å². The highest BCUT2D eigenvalue weighted by atomic mass is 16.8. The molecule has 0 aliphatic heterocycles. The number of hydrogen-bond acceptors (Lipinski definition) is 4. The minimum Gasteiger partial charge on any atom is -0.595 e. The SMILES string of the molecule is CC/C(=N\O)c1ccc2[nH]c3c(C)cc([NH+]([O-])O)c(C)c3c2c1. The van der Waals surface area contributed by atoms with Crippen LogP contribution in [0.4, 0.5) is 5.69 Å². The Balaban J connectivity index is 2.40. The fourth-order valence-electron chi connectivity index (χ4n) is 3.14. The van der Waals surface area contributed by atoms with Gasteiger partial charge in [0.2, 0.25) is 0 Å². The summed E-state index contributed by atoms with van der Waals surface area (Å²) in [6, 6.07) is 7.48. The van der Waals surface area contributed by atoms with Gasteiger partial charge in [0.05, 0.1) is 11.2 Å². The number of quaternary nitrogens is 1. The number of aryl methyl sites for hydroxylation is 2. The number of fused-ring (bicyclic) bond motifs is 3. The van der Waals surface area contributed by atoms with Gasteiger partial charge in [-0.15, -0.1) is 0 Å². The maximum Gasteiger partial charge on any atom is 0.167 e. The monoisotopic (exact) mass is 313 g/mol. The Bertz CT molecular complexity index is 926. The zero-order valence-electron chi connectivity index (χ0n) is 13.3. The molecule has 120 valence electrons. The van der Waals surface area contributed by atoms with E-state index in [0.29, 0.717) is 17.8 Å². The molecule has 0 spiro atoms. The van der Waals surface area contributed by atoms with Crippen LogP contribution in [0.15, 0.2) is 29.4 Å². The van der Waals surface area contributed by atoms with Gasteiger partial charge in [-0.1, -0.05) is 18.1 Å². The highest BCUT2D eigenvalue weighted by Gasteiger charge is 2.17. The van der Waals surface area contributed by atoms with E-state index in [1.54, 1.807) is 6.07 Å². The van der Waals surface area contributed by atoms with Crippen LogP contribution in [0.25, 0.3) is 21.8 Å². The quantitative estimate of drug-likeness (QED) is 0.340. The minimum absolute atomic E-state index is 0.313. The van der Waals surface area contributed by atoms with E-state index in [4.69, 9.17) is 5.21 Å². The lowest BCUT2D eigenvalue weighted by Gasteiger charge is -2.15. The van der Waals surface area contributed by atoms with Crippen LogP contribution in [0, 0.1) is 19.1 Å². The first-order valence-corrected chi connectivity index (χ1v) is 7.48. The molecule has 1 heterocycles. The average molecular weight is 313 g/mol. The van der Waals surface area contributed by atoms with Crippen LogP contribution in [0.3, 0.4) is 0 Å². The van der Waals surface area contributed by atoms with Crippen LogP contribution in [0.5, 0.6) is 0 Å². The zero-order chi connectivity index (χ0) is 16.7. The summed E-state index contributed by atoms with van der Waals surface area (Å²) in [7, 11) is 0. The van der Waals surface area contributed by atoms with Crippen LogP contribution in [0.1, 0.15) is 30.0 Å². The van der Waals surface area contributed by atoms with Crippen LogP contribution in [0.2, 0.25) is 0 Å². The van der Waals surface area contributed by atoms with Crippen molar-refractivity contribution in [2.24, 2.45) is 5.16 Å². The fraction of sp³-hybridized carbons (Fsp3) is 0.235. The van der Waals surface area contributed by atoms with Crippen LogP contribution < -0.4 is 5.23 Å². The number of rotatable bonds is 3. The Labute approximate surface area is 133 Å². The van der Waals surface area contributed by atoms with Gasteiger partial charge < -0.3 is 15.4 Å². The van der Waals surface area contributed by atoms with Gasteiger partial charge >= 0.3 is 0 Å². The van der Waals surface area contributed by atoms with Crippen molar-refractivity contribution in [1.29, 1.82) is 0 Å². The van der Waals surface area contributed by atoms with Gasteiger partial charge in [0.15, 0.2) is 5.69 Å². The van der Waals surface area contributed by atoms with Gasteiger partial charge in [-0.05, 0) is 38.0 Å². The molecule has 1 atom stereocenters. The maximum atomic E-state index is 11.5. The van der Waals surface area contributed by atoms with Crippen molar-refractivity contribution in [1.82, 2.24) is 4.98 Å². The molecular weight excluding hydrogens is 294 g/mol. The zero-order valence-corrected chi connectivity index (χ0v) is 13.3.